The molecule has 1 amide bonds. The second-order valence-corrected chi connectivity index (χ2v) is 6.16. The van der Waals surface area contributed by atoms with Crippen LogP contribution in [0, 0.1) is 12.3 Å². The number of nitrogen functional groups attached to an aromatic ring is 1. The summed E-state index contributed by atoms with van der Waals surface area (Å²) in [7, 11) is 4.07. The maximum absolute atomic E-state index is 12.1. The van der Waals surface area contributed by atoms with Crippen LogP contribution in [0.1, 0.15) is 29.8 Å². The fourth-order valence-electron chi connectivity index (χ4n) is 2.27. The number of carbonyl (C=O) groups is 1. The molecule has 0 heterocycles. The number of benzene rings is 1. The fraction of sp³-hybridized carbons (Fsp3) is 0.533. The van der Waals surface area contributed by atoms with Crippen LogP contribution in [0.5, 0.6) is 0 Å². The lowest BCUT2D eigenvalue weighted by Gasteiger charge is -2.28. The van der Waals surface area contributed by atoms with Gasteiger partial charge in [0.05, 0.1) is 0 Å². The quantitative estimate of drug-likeness (QED) is 0.798. The van der Waals surface area contributed by atoms with Crippen molar-refractivity contribution in [1.82, 2.24) is 10.2 Å². The van der Waals surface area contributed by atoms with Gasteiger partial charge in [0, 0.05) is 24.3 Å². The maximum Gasteiger partial charge on any atom is 0.251 e. The van der Waals surface area contributed by atoms with E-state index >= 15 is 0 Å². The Hall–Kier alpha value is -1.55. The van der Waals surface area contributed by atoms with Gasteiger partial charge in [-0.05, 0) is 50.2 Å². The second-order valence-electron chi connectivity index (χ2n) is 6.16. The van der Waals surface area contributed by atoms with Crippen molar-refractivity contribution in [3.63, 3.8) is 0 Å². The molecule has 0 aromatic heterocycles. The van der Waals surface area contributed by atoms with E-state index in [1.807, 2.05) is 27.1 Å². The molecule has 1 aromatic rings. The first-order chi connectivity index (χ1) is 8.71. The van der Waals surface area contributed by atoms with Gasteiger partial charge in [0.1, 0.15) is 0 Å². The van der Waals surface area contributed by atoms with Crippen LogP contribution in [-0.2, 0) is 0 Å². The number of carbonyl (C=O) groups excluding carboxylic acids is 1. The van der Waals surface area contributed by atoms with E-state index in [9.17, 15) is 4.79 Å². The summed E-state index contributed by atoms with van der Waals surface area (Å²) in [6, 6.07) is 5.35. The number of amides is 1. The Kier molecular flexibility index (Phi) is 4.95. The average Bonchev–Trinajstić information content (AvgIpc) is 2.24. The molecule has 1 rings (SSSR count). The van der Waals surface area contributed by atoms with Crippen molar-refractivity contribution < 1.29 is 4.79 Å². The Balaban J connectivity index is 2.65. The molecule has 106 valence electrons. The first-order valence-electron chi connectivity index (χ1n) is 6.50. The Morgan fingerprint density at radius 3 is 2.53 bits per heavy atom. The summed E-state index contributed by atoms with van der Waals surface area (Å²) in [5.74, 6) is -0.0377. The minimum absolute atomic E-state index is 0.0377. The molecule has 0 spiro atoms. The Labute approximate surface area is 116 Å². The molecule has 0 unspecified atom stereocenters. The molecule has 0 fully saturated rings. The highest BCUT2D eigenvalue weighted by molar-refractivity contribution is 5.96. The van der Waals surface area contributed by atoms with Gasteiger partial charge in [-0.1, -0.05) is 13.8 Å². The van der Waals surface area contributed by atoms with E-state index in [1.54, 1.807) is 12.1 Å². The summed E-state index contributed by atoms with van der Waals surface area (Å²) in [4.78, 5) is 14.3. The molecule has 0 aliphatic rings. The van der Waals surface area contributed by atoms with Crippen molar-refractivity contribution in [3.8, 4) is 0 Å². The van der Waals surface area contributed by atoms with Gasteiger partial charge in [-0.15, -0.1) is 0 Å². The number of nitrogens with two attached hydrogens (primary N) is 1. The highest BCUT2D eigenvalue weighted by atomic mass is 16.1. The molecule has 3 N–H and O–H groups in total. The third-order valence-electron chi connectivity index (χ3n) is 2.97. The minimum Gasteiger partial charge on any atom is -0.399 e. The third kappa shape index (κ3) is 4.91. The summed E-state index contributed by atoms with van der Waals surface area (Å²) < 4.78 is 0. The van der Waals surface area contributed by atoms with Crippen LogP contribution < -0.4 is 11.1 Å². The second kappa shape index (κ2) is 6.06. The van der Waals surface area contributed by atoms with Crippen LogP contribution in [0.2, 0.25) is 0 Å². The lowest BCUT2D eigenvalue weighted by atomic mass is 9.92. The van der Waals surface area contributed by atoms with Crippen molar-refractivity contribution in [1.29, 1.82) is 0 Å². The summed E-state index contributed by atoms with van der Waals surface area (Å²) in [5.41, 5.74) is 8.01. The molecule has 4 nitrogen and oxygen atoms in total. The molecular weight excluding hydrogens is 238 g/mol. The third-order valence-corrected chi connectivity index (χ3v) is 2.97. The topological polar surface area (TPSA) is 58.4 Å². The van der Waals surface area contributed by atoms with Gasteiger partial charge in [0.25, 0.3) is 5.91 Å². The number of hydrogen-bond acceptors (Lipinski definition) is 3. The monoisotopic (exact) mass is 263 g/mol. The summed E-state index contributed by atoms with van der Waals surface area (Å²) in [6.45, 7) is 7.75. The molecule has 1 aromatic carbocycles. The van der Waals surface area contributed by atoms with Crippen LogP contribution in [0.15, 0.2) is 18.2 Å². The van der Waals surface area contributed by atoms with Gasteiger partial charge < -0.3 is 16.0 Å². The summed E-state index contributed by atoms with van der Waals surface area (Å²) >= 11 is 0. The molecule has 0 atom stereocenters. The molecule has 0 aliphatic carbocycles. The predicted octanol–water partition coefficient (Wildman–Crippen LogP) is 1.89. The fourth-order valence-corrected chi connectivity index (χ4v) is 2.27. The van der Waals surface area contributed by atoms with Gasteiger partial charge in [0.15, 0.2) is 0 Å². The average molecular weight is 263 g/mol. The standard InChI is InChI=1S/C15H25N3O/c1-11-8-12(16)6-7-13(11)14(19)17-9-15(2,3)10-18(4)5/h6-8H,9-10,16H2,1-5H3,(H,17,19). The van der Waals surface area contributed by atoms with E-state index < -0.39 is 0 Å². The number of hydrogen-bond donors (Lipinski definition) is 2. The van der Waals surface area contributed by atoms with E-state index in [4.69, 9.17) is 5.73 Å². The minimum atomic E-state index is -0.0377. The zero-order chi connectivity index (χ0) is 14.6. The number of aryl methyl sites for hydroxylation is 1. The van der Waals surface area contributed by atoms with E-state index in [-0.39, 0.29) is 11.3 Å². The highest BCUT2D eigenvalue weighted by Gasteiger charge is 2.20. The van der Waals surface area contributed by atoms with E-state index in [2.05, 4.69) is 24.1 Å². The van der Waals surface area contributed by atoms with Crippen molar-refractivity contribution in [2.75, 3.05) is 32.9 Å². The van der Waals surface area contributed by atoms with Gasteiger partial charge in [0.2, 0.25) is 0 Å². The van der Waals surface area contributed by atoms with Gasteiger partial charge in [-0.2, -0.15) is 0 Å². The van der Waals surface area contributed by atoms with Gasteiger partial charge in [-0.25, -0.2) is 0 Å². The normalized spacial score (nSPS) is 11.7. The Bertz CT molecular complexity index is 453. The highest BCUT2D eigenvalue weighted by Crippen LogP contribution is 2.16. The lowest BCUT2D eigenvalue weighted by Crippen LogP contribution is -2.40. The lowest BCUT2D eigenvalue weighted by molar-refractivity contribution is 0.0928. The molecule has 0 saturated carbocycles. The smallest absolute Gasteiger partial charge is 0.251 e. The van der Waals surface area contributed by atoms with Crippen molar-refractivity contribution in [2.45, 2.75) is 20.8 Å². The van der Waals surface area contributed by atoms with Crippen molar-refractivity contribution >= 4 is 11.6 Å². The first-order valence-corrected chi connectivity index (χ1v) is 6.50. The summed E-state index contributed by atoms with van der Waals surface area (Å²) in [6.07, 6.45) is 0. The first kappa shape index (κ1) is 15.5. The maximum atomic E-state index is 12.1. The van der Waals surface area contributed by atoms with Crippen LogP contribution in [0.25, 0.3) is 0 Å². The molecule has 0 bridgehead atoms. The Morgan fingerprint density at radius 1 is 1.37 bits per heavy atom. The predicted molar refractivity (Wildman–Crippen MR) is 80.3 cm³/mol. The van der Waals surface area contributed by atoms with Crippen molar-refractivity contribution in [3.05, 3.63) is 29.3 Å². The largest absolute Gasteiger partial charge is 0.399 e. The van der Waals surface area contributed by atoms with Crippen LogP contribution in [0.4, 0.5) is 5.69 Å². The Morgan fingerprint density at radius 2 is 2.00 bits per heavy atom. The van der Waals surface area contributed by atoms with Crippen LogP contribution in [-0.4, -0.2) is 38.0 Å². The van der Waals surface area contributed by atoms with Crippen LogP contribution in [0.3, 0.4) is 0 Å². The molecule has 0 radical (unpaired) electrons. The zero-order valence-corrected chi connectivity index (χ0v) is 12.6. The SMILES string of the molecule is Cc1cc(N)ccc1C(=O)NCC(C)(C)CN(C)C. The molecule has 19 heavy (non-hydrogen) atoms. The van der Waals surface area contributed by atoms with E-state index in [1.165, 1.54) is 0 Å². The van der Waals surface area contributed by atoms with Gasteiger partial charge >= 0.3 is 0 Å². The van der Waals surface area contributed by atoms with Crippen molar-refractivity contribution in [2.24, 2.45) is 5.41 Å². The number of rotatable bonds is 5. The van der Waals surface area contributed by atoms with Crippen LogP contribution >= 0.6 is 0 Å². The zero-order valence-electron chi connectivity index (χ0n) is 12.6. The molecule has 0 saturated heterocycles. The van der Waals surface area contributed by atoms with Gasteiger partial charge in [-0.3, -0.25) is 4.79 Å². The molecule has 0 aliphatic heterocycles. The van der Waals surface area contributed by atoms with E-state index in [0.29, 0.717) is 17.8 Å². The number of nitrogens with one attached hydrogen (secondary N) is 1. The van der Waals surface area contributed by atoms with E-state index in [0.717, 1.165) is 12.1 Å². The summed E-state index contributed by atoms with van der Waals surface area (Å²) in [5, 5.41) is 3.00. The molecular formula is C15H25N3O. The number of nitrogens with zero attached hydrogens (tertiary/aromatic N) is 1. The molecule has 4 heteroatoms. The number of anilines is 1.